The molecule has 0 radical (unpaired) electrons. The van der Waals surface area contributed by atoms with Gasteiger partial charge < -0.3 is 20.5 Å². The van der Waals surface area contributed by atoms with Crippen molar-refractivity contribution in [3.63, 3.8) is 0 Å². The third-order valence-electron chi connectivity index (χ3n) is 7.71. The van der Waals surface area contributed by atoms with E-state index in [-0.39, 0.29) is 35.8 Å². The number of nitrogens with one attached hydrogen (secondary N) is 2. The Morgan fingerprint density at radius 3 is 2.56 bits per heavy atom. The summed E-state index contributed by atoms with van der Waals surface area (Å²) in [7, 11) is 0. The molecule has 2 amide bonds. The van der Waals surface area contributed by atoms with Gasteiger partial charge in [-0.25, -0.2) is 4.68 Å². The zero-order valence-electron chi connectivity index (χ0n) is 21.1. The number of aromatic nitrogens is 2. The summed E-state index contributed by atoms with van der Waals surface area (Å²) in [6.07, 6.45) is 10.5. The Bertz CT molecular complexity index is 935. The Hall–Kier alpha value is -2.35. The van der Waals surface area contributed by atoms with Crippen molar-refractivity contribution in [2.24, 2.45) is 29.1 Å². The van der Waals surface area contributed by atoms with E-state index in [1.165, 1.54) is 6.92 Å². The fourth-order valence-corrected chi connectivity index (χ4v) is 6.61. The third-order valence-corrected chi connectivity index (χ3v) is 7.71. The van der Waals surface area contributed by atoms with E-state index in [0.29, 0.717) is 35.8 Å². The molecule has 1 aromatic heterocycles. The van der Waals surface area contributed by atoms with E-state index in [4.69, 9.17) is 4.74 Å². The van der Waals surface area contributed by atoms with E-state index in [1.54, 1.807) is 17.1 Å². The molecule has 34 heavy (non-hydrogen) atoms. The van der Waals surface area contributed by atoms with Crippen LogP contribution in [-0.4, -0.2) is 51.5 Å². The van der Waals surface area contributed by atoms with E-state index in [9.17, 15) is 14.7 Å². The van der Waals surface area contributed by atoms with Gasteiger partial charge in [-0.1, -0.05) is 13.8 Å². The molecular formula is C26H40N4O4. The molecule has 8 heteroatoms. The smallest absolute Gasteiger partial charge is 0.258 e. The highest BCUT2D eigenvalue weighted by Crippen LogP contribution is 2.59. The van der Waals surface area contributed by atoms with Crippen molar-refractivity contribution in [2.75, 3.05) is 13.2 Å². The number of carbonyl (C=O) groups is 2. The Labute approximate surface area is 202 Å². The highest BCUT2D eigenvalue weighted by Gasteiger charge is 2.55. The summed E-state index contributed by atoms with van der Waals surface area (Å²) in [6.45, 7) is 10.1. The molecule has 4 saturated carbocycles. The van der Waals surface area contributed by atoms with Gasteiger partial charge in [0.2, 0.25) is 11.8 Å². The molecule has 188 valence electrons. The summed E-state index contributed by atoms with van der Waals surface area (Å²) in [4.78, 5) is 24.9. The van der Waals surface area contributed by atoms with Gasteiger partial charge in [0.15, 0.2) is 0 Å². The number of aliphatic hydroxyl groups is 1. The Morgan fingerprint density at radius 1 is 1.29 bits per heavy atom. The van der Waals surface area contributed by atoms with Crippen LogP contribution >= 0.6 is 0 Å². The van der Waals surface area contributed by atoms with Crippen LogP contribution in [0, 0.1) is 29.1 Å². The van der Waals surface area contributed by atoms with Gasteiger partial charge >= 0.3 is 0 Å². The molecule has 4 fully saturated rings. The molecule has 0 aromatic carbocycles. The lowest BCUT2D eigenvalue weighted by Gasteiger charge is -2.59. The van der Waals surface area contributed by atoms with Crippen molar-refractivity contribution in [1.82, 2.24) is 20.4 Å². The zero-order valence-corrected chi connectivity index (χ0v) is 21.1. The minimum Gasteiger partial charge on any atom is -0.477 e. The number of carbonyl (C=O) groups excluding carboxylic acids is 2. The van der Waals surface area contributed by atoms with Crippen LogP contribution in [0.25, 0.3) is 6.20 Å². The van der Waals surface area contributed by atoms with Crippen LogP contribution in [0.5, 0.6) is 5.88 Å². The van der Waals surface area contributed by atoms with Crippen molar-refractivity contribution in [1.29, 1.82) is 0 Å². The van der Waals surface area contributed by atoms with Crippen molar-refractivity contribution in [3.05, 3.63) is 17.8 Å². The molecule has 1 aromatic rings. The molecule has 8 nitrogen and oxygen atoms in total. The number of nitrogens with zero attached hydrogens (tertiary/aromatic N) is 2. The highest BCUT2D eigenvalue weighted by molar-refractivity contribution is 5.96. The lowest BCUT2D eigenvalue weighted by Crippen LogP contribution is -2.60. The monoisotopic (exact) mass is 472 g/mol. The Morgan fingerprint density at radius 2 is 1.97 bits per heavy atom. The minimum atomic E-state index is -0.571. The van der Waals surface area contributed by atoms with Crippen LogP contribution in [0.4, 0.5) is 0 Å². The summed E-state index contributed by atoms with van der Waals surface area (Å²) in [5.74, 6) is 1.96. The Balaban J connectivity index is 1.53. The van der Waals surface area contributed by atoms with Gasteiger partial charge in [0, 0.05) is 25.8 Å². The van der Waals surface area contributed by atoms with Crippen LogP contribution in [0.1, 0.15) is 77.1 Å². The number of hydrogen-bond donors (Lipinski definition) is 3. The third kappa shape index (κ3) is 5.16. The zero-order chi connectivity index (χ0) is 24.7. The SMILES string of the molecule is CC(=O)NC(C)(C)/C=C/n1ncc(C(=O)N[C@H]2C3CC4CC2C[C@](CO)(C4)C3)c1OCC(C)C. The quantitative estimate of drug-likeness (QED) is 0.512. The molecule has 5 rings (SSSR count). The fourth-order valence-electron chi connectivity index (χ4n) is 6.61. The largest absolute Gasteiger partial charge is 0.477 e. The molecule has 4 aliphatic rings. The first-order valence-electron chi connectivity index (χ1n) is 12.6. The molecule has 0 spiro atoms. The number of ether oxygens (including phenoxy) is 1. The molecule has 2 atom stereocenters. The highest BCUT2D eigenvalue weighted by atomic mass is 16.5. The lowest BCUT2D eigenvalue weighted by molar-refractivity contribution is -0.120. The second-order valence-corrected chi connectivity index (χ2v) is 11.9. The van der Waals surface area contributed by atoms with Crippen molar-refractivity contribution in [3.8, 4) is 5.88 Å². The number of amides is 2. The Kier molecular flexibility index (Phi) is 6.82. The summed E-state index contributed by atoms with van der Waals surface area (Å²) in [5, 5.41) is 20.6. The number of aliphatic hydroxyl groups excluding tert-OH is 1. The fraction of sp³-hybridized carbons (Fsp3) is 0.731. The first kappa shape index (κ1) is 24.8. The van der Waals surface area contributed by atoms with E-state index in [0.717, 1.165) is 32.1 Å². The molecule has 0 aliphatic heterocycles. The first-order chi connectivity index (χ1) is 16.0. The second-order valence-electron chi connectivity index (χ2n) is 11.9. The van der Waals surface area contributed by atoms with Gasteiger partial charge in [-0.15, -0.1) is 0 Å². The summed E-state index contributed by atoms with van der Waals surface area (Å²) in [6, 6.07) is 0.138. The minimum absolute atomic E-state index is 0.0691. The standard InChI is InChI=1S/C26H40N4O4/c1-16(2)14-34-24-21(13-27-30(24)7-6-25(4,5)29-17(3)32)23(33)28-22-19-8-18-9-20(22)12-26(10-18,11-19)15-31/h6-7,13,16,18-20,22,31H,8-12,14-15H2,1-5H3,(H,28,33)(H,29,32)/b7-6+/t18?,19?,20?,22-,26-. The maximum absolute atomic E-state index is 13.4. The van der Waals surface area contributed by atoms with Crippen LogP contribution in [0.15, 0.2) is 12.3 Å². The molecular weight excluding hydrogens is 432 g/mol. The number of hydrogen-bond acceptors (Lipinski definition) is 5. The molecule has 4 aliphatic carbocycles. The average Bonchev–Trinajstić information content (AvgIpc) is 3.15. The average molecular weight is 473 g/mol. The van der Waals surface area contributed by atoms with Crippen LogP contribution < -0.4 is 15.4 Å². The predicted octanol–water partition coefficient (Wildman–Crippen LogP) is 3.22. The van der Waals surface area contributed by atoms with Crippen molar-refractivity contribution >= 4 is 18.0 Å². The van der Waals surface area contributed by atoms with E-state index in [1.807, 2.05) is 19.9 Å². The van der Waals surface area contributed by atoms with Gasteiger partial charge in [-0.2, -0.15) is 5.10 Å². The predicted molar refractivity (Wildman–Crippen MR) is 130 cm³/mol. The van der Waals surface area contributed by atoms with Crippen LogP contribution in [0.2, 0.25) is 0 Å². The van der Waals surface area contributed by atoms with Gasteiger partial charge in [-0.3, -0.25) is 9.59 Å². The van der Waals surface area contributed by atoms with Crippen LogP contribution in [0.3, 0.4) is 0 Å². The summed E-state index contributed by atoms with van der Waals surface area (Å²) < 4.78 is 7.61. The van der Waals surface area contributed by atoms with E-state index < -0.39 is 5.54 Å². The van der Waals surface area contributed by atoms with E-state index >= 15 is 0 Å². The van der Waals surface area contributed by atoms with E-state index in [2.05, 4.69) is 29.6 Å². The molecule has 2 unspecified atom stereocenters. The van der Waals surface area contributed by atoms with Crippen molar-refractivity contribution < 1.29 is 19.4 Å². The summed E-state index contributed by atoms with van der Waals surface area (Å²) >= 11 is 0. The van der Waals surface area contributed by atoms with Gasteiger partial charge in [0.25, 0.3) is 5.91 Å². The van der Waals surface area contributed by atoms with Gasteiger partial charge in [-0.05, 0) is 81.1 Å². The molecule has 1 heterocycles. The van der Waals surface area contributed by atoms with Gasteiger partial charge in [0.05, 0.1) is 18.3 Å². The van der Waals surface area contributed by atoms with Crippen LogP contribution in [-0.2, 0) is 4.79 Å². The van der Waals surface area contributed by atoms with Gasteiger partial charge in [0.1, 0.15) is 5.56 Å². The topological polar surface area (TPSA) is 105 Å². The first-order valence-corrected chi connectivity index (χ1v) is 12.6. The van der Waals surface area contributed by atoms with Crippen molar-refractivity contribution in [2.45, 2.75) is 78.3 Å². The molecule has 4 bridgehead atoms. The lowest BCUT2D eigenvalue weighted by atomic mass is 9.48. The maximum atomic E-state index is 13.4. The molecule has 3 N–H and O–H groups in total. The second kappa shape index (κ2) is 9.36. The molecule has 0 saturated heterocycles. The summed E-state index contributed by atoms with van der Waals surface area (Å²) in [5.41, 5.74) is -0.0774. The maximum Gasteiger partial charge on any atom is 0.258 e. The normalized spacial score (nSPS) is 30.2. The number of rotatable bonds is 9.